The summed E-state index contributed by atoms with van der Waals surface area (Å²) in [5.74, 6) is -0.700. The molecule has 1 atom stereocenters. The Bertz CT molecular complexity index is 995. The van der Waals surface area contributed by atoms with Crippen molar-refractivity contribution >= 4 is 40.9 Å². The zero-order chi connectivity index (χ0) is 20.3. The van der Waals surface area contributed by atoms with Gasteiger partial charge in [-0.2, -0.15) is 5.26 Å². The molecule has 7 heteroatoms. The standard InChI is InChI=1S/C21H18ClN3O2S/c1-13-7-9-15(10-8-13)25-20(27)18(11-14-5-3-4-6-17(14)22)28-21(25)16(12-23)19(26)24-2/h3-10,18H,11H2,1-2H3,(H,24,26)/b21-16-. The Labute approximate surface area is 173 Å². The largest absolute Gasteiger partial charge is 0.354 e. The van der Waals surface area contributed by atoms with Crippen molar-refractivity contribution in [2.75, 3.05) is 11.9 Å². The summed E-state index contributed by atoms with van der Waals surface area (Å²) in [6.45, 7) is 1.95. The van der Waals surface area contributed by atoms with Gasteiger partial charge < -0.3 is 5.32 Å². The molecule has 1 N–H and O–H groups in total. The molecule has 28 heavy (non-hydrogen) atoms. The van der Waals surface area contributed by atoms with E-state index in [9.17, 15) is 14.9 Å². The number of hydrogen-bond acceptors (Lipinski definition) is 4. The number of aryl methyl sites for hydroxylation is 1. The lowest BCUT2D eigenvalue weighted by atomic mass is 10.1. The number of anilines is 1. The number of amides is 2. The van der Waals surface area contributed by atoms with Gasteiger partial charge in [-0.25, -0.2) is 0 Å². The molecule has 142 valence electrons. The first-order valence-corrected chi connectivity index (χ1v) is 9.89. The molecule has 1 fully saturated rings. The van der Waals surface area contributed by atoms with Crippen LogP contribution in [0.1, 0.15) is 11.1 Å². The number of hydrogen-bond donors (Lipinski definition) is 1. The molecular weight excluding hydrogens is 394 g/mol. The quantitative estimate of drug-likeness (QED) is 0.613. The van der Waals surface area contributed by atoms with Crippen molar-refractivity contribution in [2.24, 2.45) is 0 Å². The number of benzene rings is 2. The van der Waals surface area contributed by atoms with E-state index in [0.29, 0.717) is 22.2 Å². The number of likely N-dealkylation sites (N-methyl/N-ethyl adjacent to an activating group) is 1. The van der Waals surface area contributed by atoms with Gasteiger partial charge in [0.2, 0.25) is 5.91 Å². The van der Waals surface area contributed by atoms with Gasteiger partial charge in [-0.3, -0.25) is 14.5 Å². The fourth-order valence-corrected chi connectivity index (χ4v) is 4.41. The van der Waals surface area contributed by atoms with E-state index in [1.807, 2.05) is 55.5 Å². The van der Waals surface area contributed by atoms with Gasteiger partial charge in [0, 0.05) is 17.8 Å². The zero-order valence-corrected chi connectivity index (χ0v) is 17.0. The van der Waals surface area contributed by atoms with Crippen LogP contribution in [0.15, 0.2) is 59.1 Å². The molecule has 2 aromatic carbocycles. The van der Waals surface area contributed by atoms with Gasteiger partial charge >= 0.3 is 0 Å². The molecule has 1 aliphatic heterocycles. The van der Waals surface area contributed by atoms with E-state index in [4.69, 9.17) is 11.6 Å². The highest BCUT2D eigenvalue weighted by atomic mass is 35.5. The molecule has 1 saturated heterocycles. The predicted octanol–water partition coefficient (Wildman–Crippen LogP) is 3.82. The third-order valence-electron chi connectivity index (χ3n) is 4.39. The Kier molecular flexibility index (Phi) is 6.08. The Morgan fingerprint density at radius 3 is 2.54 bits per heavy atom. The van der Waals surface area contributed by atoms with Crippen LogP contribution in [-0.2, 0) is 16.0 Å². The van der Waals surface area contributed by atoms with E-state index in [-0.39, 0.29) is 11.5 Å². The van der Waals surface area contributed by atoms with Gasteiger partial charge in [-0.05, 0) is 37.1 Å². The number of thioether (sulfide) groups is 1. The van der Waals surface area contributed by atoms with Crippen LogP contribution in [0.25, 0.3) is 0 Å². The Morgan fingerprint density at radius 2 is 1.93 bits per heavy atom. The molecule has 1 aliphatic rings. The van der Waals surface area contributed by atoms with E-state index in [1.165, 1.54) is 23.7 Å². The van der Waals surface area contributed by atoms with Crippen LogP contribution in [0, 0.1) is 18.3 Å². The van der Waals surface area contributed by atoms with Crippen LogP contribution in [0.3, 0.4) is 0 Å². The van der Waals surface area contributed by atoms with E-state index in [1.54, 1.807) is 6.07 Å². The van der Waals surface area contributed by atoms with Gasteiger partial charge in [0.1, 0.15) is 16.7 Å². The first-order chi connectivity index (χ1) is 13.5. The van der Waals surface area contributed by atoms with Gasteiger partial charge in [0.05, 0.1) is 5.25 Å². The summed E-state index contributed by atoms with van der Waals surface area (Å²) in [4.78, 5) is 26.9. The topological polar surface area (TPSA) is 73.2 Å². The summed E-state index contributed by atoms with van der Waals surface area (Å²) in [5.41, 5.74) is 2.44. The van der Waals surface area contributed by atoms with Crippen molar-refractivity contribution in [3.8, 4) is 6.07 Å². The van der Waals surface area contributed by atoms with Crippen molar-refractivity contribution in [3.05, 3.63) is 75.3 Å². The summed E-state index contributed by atoms with van der Waals surface area (Å²) in [6, 6.07) is 16.7. The number of nitrogens with one attached hydrogen (secondary N) is 1. The lowest BCUT2D eigenvalue weighted by Crippen LogP contribution is -2.31. The Hall–Kier alpha value is -2.75. The fraction of sp³-hybridized carbons (Fsp3) is 0.190. The number of halogens is 1. The summed E-state index contributed by atoms with van der Waals surface area (Å²) < 4.78 is 0. The second kappa shape index (κ2) is 8.51. The molecule has 2 amide bonds. The van der Waals surface area contributed by atoms with Crippen LogP contribution >= 0.6 is 23.4 Å². The van der Waals surface area contributed by atoms with Crippen LogP contribution in [-0.4, -0.2) is 24.1 Å². The Morgan fingerprint density at radius 1 is 1.25 bits per heavy atom. The van der Waals surface area contributed by atoms with E-state index < -0.39 is 11.2 Å². The van der Waals surface area contributed by atoms with Crippen molar-refractivity contribution in [1.82, 2.24) is 5.32 Å². The molecular formula is C21H18ClN3O2S. The minimum absolute atomic E-state index is 0.0805. The molecule has 0 spiro atoms. The number of rotatable bonds is 4. The van der Waals surface area contributed by atoms with Crippen molar-refractivity contribution in [3.63, 3.8) is 0 Å². The lowest BCUT2D eigenvalue weighted by Gasteiger charge is -2.18. The van der Waals surface area contributed by atoms with Gasteiger partial charge in [-0.1, -0.05) is 59.3 Å². The van der Waals surface area contributed by atoms with Crippen molar-refractivity contribution in [1.29, 1.82) is 5.26 Å². The normalized spacial score (nSPS) is 18.0. The highest BCUT2D eigenvalue weighted by Gasteiger charge is 2.40. The second-order valence-electron chi connectivity index (χ2n) is 6.28. The predicted molar refractivity (Wildman–Crippen MR) is 112 cm³/mol. The van der Waals surface area contributed by atoms with E-state index in [2.05, 4.69) is 5.32 Å². The molecule has 0 aliphatic carbocycles. The van der Waals surface area contributed by atoms with Gasteiger partial charge in [0.15, 0.2) is 0 Å². The van der Waals surface area contributed by atoms with Crippen LogP contribution < -0.4 is 10.2 Å². The fourth-order valence-electron chi connectivity index (χ4n) is 2.90. The first-order valence-electron chi connectivity index (χ1n) is 8.63. The third kappa shape index (κ3) is 3.91. The average molecular weight is 412 g/mol. The zero-order valence-electron chi connectivity index (χ0n) is 15.4. The van der Waals surface area contributed by atoms with Crippen LogP contribution in [0.5, 0.6) is 0 Å². The summed E-state index contributed by atoms with van der Waals surface area (Å²) in [6.07, 6.45) is 0.404. The minimum atomic E-state index is -0.520. The third-order valence-corrected chi connectivity index (χ3v) is 6.02. The maximum Gasteiger partial charge on any atom is 0.264 e. The molecule has 1 unspecified atom stereocenters. The average Bonchev–Trinajstić information content (AvgIpc) is 3.01. The monoisotopic (exact) mass is 411 g/mol. The summed E-state index contributed by atoms with van der Waals surface area (Å²) >= 11 is 7.48. The number of carbonyl (C=O) groups is 2. The summed E-state index contributed by atoms with van der Waals surface area (Å²) in [5, 5.41) is 12.5. The van der Waals surface area contributed by atoms with Crippen LogP contribution in [0.4, 0.5) is 5.69 Å². The molecule has 3 rings (SSSR count). The number of carbonyl (C=O) groups excluding carboxylic acids is 2. The Balaban J connectivity index is 2.06. The SMILES string of the molecule is CNC(=O)/C(C#N)=C1\SC(Cc2ccccc2Cl)C(=O)N1c1ccc(C)cc1. The molecule has 0 radical (unpaired) electrons. The molecule has 2 aromatic rings. The highest BCUT2D eigenvalue weighted by Crippen LogP contribution is 2.42. The lowest BCUT2D eigenvalue weighted by molar-refractivity contribution is -0.117. The molecule has 1 heterocycles. The van der Waals surface area contributed by atoms with E-state index >= 15 is 0 Å². The number of nitriles is 1. The van der Waals surface area contributed by atoms with Gasteiger partial charge in [0.25, 0.3) is 5.91 Å². The molecule has 0 aromatic heterocycles. The second-order valence-corrected chi connectivity index (χ2v) is 7.88. The molecule has 0 bridgehead atoms. The summed E-state index contributed by atoms with van der Waals surface area (Å²) in [7, 11) is 1.46. The van der Waals surface area contributed by atoms with Crippen molar-refractivity contribution in [2.45, 2.75) is 18.6 Å². The smallest absolute Gasteiger partial charge is 0.264 e. The van der Waals surface area contributed by atoms with Crippen LogP contribution in [0.2, 0.25) is 5.02 Å². The molecule has 5 nitrogen and oxygen atoms in total. The highest BCUT2D eigenvalue weighted by molar-refractivity contribution is 8.05. The maximum absolute atomic E-state index is 13.2. The van der Waals surface area contributed by atoms with Gasteiger partial charge in [-0.15, -0.1) is 0 Å². The minimum Gasteiger partial charge on any atom is -0.354 e. The van der Waals surface area contributed by atoms with Crippen molar-refractivity contribution < 1.29 is 9.59 Å². The van der Waals surface area contributed by atoms with E-state index in [0.717, 1.165) is 11.1 Å². The maximum atomic E-state index is 13.2. The molecule has 0 saturated carbocycles. The first kappa shape index (κ1) is 20.0. The number of nitrogens with zero attached hydrogens (tertiary/aromatic N) is 2.